The number of hydrogen-bond acceptors (Lipinski definition) is 3. The molecule has 0 saturated heterocycles. The summed E-state index contributed by atoms with van der Waals surface area (Å²) < 4.78 is 0. The molecule has 0 aliphatic carbocycles. The largest absolute Gasteiger partial charge is 0.480 e. The second-order valence-electron chi connectivity index (χ2n) is 3.80. The van der Waals surface area contributed by atoms with Crippen molar-refractivity contribution in [3.63, 3.8) is 0 Å². The van der Waals surface area contributed by atoms with E-state index in [-0.39, 0.29) is 5.92 Å². The molecule has 0 aliphatic rings. The second-order valence-corrected chi connectivity index (χ2v) is 3.80. The summed E-state index contributed by atoms with van der Waals surface area (Å²) in [7, 11) is 0. The molecule has 0 spiro atoms. The second kappa shape index (κ2) is 6.65. The minimum absolute atomic E-state index is 0.240. The SMILES string of the molecule is CC(C)CNC(=O)N(CC(N)=O)CC(=O)O. The van der Waals surface area contributed by atoms with Crippen LogP contribution in [0.1, 0.15) is 13.8 Å². The molecule has 0 radical (unpaired) electrons. The minimum Gasteiger partial charge on any atom is -0.480 e. The third-order valence-corrected chi connectivity index (χ3v) is 1.62. The molecule has 4 N–H and O–H groups in total. The highest BCUT2D eigenvalue weighted by Crippen LogP contribution is 1.92. The van der Waals surface area contributed by atoms with Crippen LogP contribution in [0, 0.1) is 5.92 Å². The Morgan fingerprint density at radius 1 is 1.31 bits per heavy atom. The van der Waals surface area contributed by atoms with E-state index in [1.807, 2.05) is 13.8 Å². The molecule has 0 aromatic rings. The van der Waals surface area contributed by atoms with E-state index in [9.17, 15) is 14.4 Å². The van der Waals surface area contributed by atoms with Gasteiger partial charge in [-0.3, -0.25) is 9.59 Å². The van der Waals surface area contributed by atoms with Crippen molar-refractivity contribution in [3.05, 3.63) is 0 Å². The molecule has 7 nitrogen and oxygen atoms in total. The molecule has 0 atom stereocenters. The summed E-state index contributed by atoms with van der Waals surface area (Å²) in [5, 5.41) is 11.1. The fraction of sp³-hybridized carbons (Fsp3) is 0.667. The van der Waals surface area contributed by atoms with E-state index in [4.69, 9.17) is 10.8 Å². The zero-order valence-corrected chi connectivity index (χ0v) is 9.40. The monoisotopic (exact) mass is 231 g/mol. The van der Waals surface area contributed by atoms with Gasteiger partial charge in [-0.15, -0.1) is 0 Å². The highest BCUT2D eigenvalue weighted by molar-refractivity contribution is 5.85. The van der Waals surface area contributed by atoms with Crippen molar-refractivity contribution < 1.29 is 19.5 Å². The van der Waals surface area contributed by atoms with E-state index in [1.165, 1.54) is 0 Å². The van der Waals surface area contributed by atoms with Crippen molar-refractivity contribution >= 4 is 17.9 Å². The molecule has 92 valence electrons. The molecule has 0 rings (SSSR count). The van der Waals surface area contributed by atoms with Gasteiger partial charge < -0.3 is 21.1 Å². The third-order valence-electron chi connectivity index (χ3n) is 1.62. The van der Waals surface area contributed by atoms with E-state index >= 15 is 0 Å². The predicted octanol–water partition coefficient (Wildman–Crippen LogP) is -0.776. The molecular formula is C9H17N3O4. The smallest absolute Gasteiger partial charge is 0.323 e. The van der Waals surface area contributed by atoms with Crippen LogP contribution in [-0.2, 0) is 9.59 Å². The molecule has 0 fully saturated rings. The quantitative estimate of drug-likeness (QED) is 0.556. The number of nitrogens with zero attached hydrogens (tertiary/aromatic N) is 1. The standard InChI is InChI=1S/C9H17N3O4/c1-6(2)3-11-9(16)12(4-7(10)13)5-8(14)15/h6H,3-5H2,1-2H3,(H2,10,13)(H,11,16)(H,14,15). The van der Waals surface area contributed by atoms with Gasteiger partial charge in [-0.05, 0) is 5.92 Å². The van der Waals surface area contributed by atoms with Crippen molar-refractivity contribution in [2.24, 2.45) is 11.7 Å². The van der Waals surface area contributed by atoms with Crippen molar-refractivity contribution in [2.45, 2.75) is 13.8 Å². The van der Waals surface area contributed by atoms with Crippen LogP contribution < -0.4 is 11.1 Å². The molecular weight excluding hydrogens is 214 g/mol. The van der Waals surface area contributed by atoms with E-state index in [2.05, 4.69) is 5.32 Å². The summed E-state index contributed by atoms with van der Waals surface area (Å²) in [5.74, 6) is -1.70. The minimum atomic E-state index is -1.19. The Morgan fingerprint density at radius 2 is 1.88 bits per heavy atom. The first-order chi connectivity index (χ1) is 7.32. The molecule has 0 aromatic carbocycles. The predicted molar refractivity (Wildman–Crippen MR) is 56.6 cm³/mol. The lowest BCUT2D eigenvalue weighted by Gasteiger charge is -2.20. The van der Waals surface area contributed by atoms with Crippen molar-refractivity contribution in [3.8, 4) is 0 Å². The maximum absolute atomic E-state index is 11.5. The summed E-state index contributed by atoms with van der Waals surface area (Å²) in [6.45, 7) is 3.25. The number of carbonyl (C=O) groups is 3. The van der Waals surface area contributed by atoms with Crippen molar-refractivity contribution in [1.29, 1.82) is 0 Å². The Kier molecular flexibility index (Phi) is 5.91. The number of carbonyl (C=O) groups excluding carboxylic acids is 2. The van der Waals surface area contributed by atoms with Crippen LogP contribution in [0.5, 0.6) is 0 Å². The van der Waals surface area contributed by atoms with Gasteiger partial charge in [0, 0.05) is 6.54 Å². The fourth-order valence-electron chi connectivity index (χ4n) is 0.954. The van der Waals surface area contributed by atoms with Crippen LogP contribution in [-0.4, -0.2) is 47.5 Å². The van der Waals surface area contributed by atoms with Gasteiger partial charge in [0.15, 0.2) is 0 Å². The normalized spacial score (nSPS) is 9.94. The van der Waals surface area contributed by atoms with Crippen LogP contribution in [0.2, 0.25) is 0 Å². The molecule has 0 aliphatic heterocycles. The van der Waals surface area contributed by atoms with E-state index < -0.39 is 31.0 Å². The van der Waals surface area contributed by atoms with Gasteiger partial charge in [0.05, 0.1) is 0 Å². The summed E-state index contributed by atoms with van der Waals surface area (Å²) in [6, 6.07) is -0.602. The Morgan fingerprint density at radius 3 is 2.25 bits per heavy atom. The van der Waals surface area contributed by atoms with Crippen molar-refractivity contribution in [1.82, 2.24) is 10.2 Å². The highest BCUT2D eigenvalue weighted by Gasteiger charge is 2.18. The van der Waals surface area contributed by atoms with Crippen LogP contribution in [0.15, 0.2) is 0 Å². The molecule has 3 amide bonds. The first kappa shape index (κ1) is 14.2. The van der Waals surface area contributed by atoms with Crippen LogP contribution in [0.4, 0.5) is 4.79 Å². The maximum Gasteiger partial charge on any atom is 0.323 e. The van der Waals surface area contributed by atoms with Crippen LogP contribution in [0.25, 0.3) is 0 Å². The Bertz CT molecular complexity index is 262. The van der Waals surface area contributed by atoms with Gasteiger partial charge in [0.2, 0.25) is 5.91 Å². The molecule has 7 heteroatoms. The topological polar surface area (TPSA) is 113 Å². The lowest BCUT2D eigenvalue weighted by atomic mass is 10.2. The van der Waals surface area contributed by atoms with Crippen molar-refractivity contribution in [2.75, 3.05) is 19.6 Å². The van der Waals surface area contributed by atoms with Gasteiger partial charge >= 0.3 is 12.0 Å². The number of primary amides is 1. The number of urea groups is 1. The van der Waals surface area contributed by atoms with Gasteiger partial charge in [-0.1, -0.05) is 13.8 Å². The molecule has 0 aromatic heterocycles. The average molecular weight is 231 g/mol. The zero-order valence-electron chi connectivity index (χ0n) is 9.40. The third kappa shape index (κ3) is 6.63. The Hall–Kier alpha value is -1.79. The number of aliphatic carboxylic acids is 1. The summed E-state index contributed by atoms with van der Waals surface area (Å²) in [4.78, 5) is 33.4. The summed E-state index contributed by atoms with van der Waals surface area (Å²) in [6.07, 6.45) is 0. The van der Waals surface area contributed by atoms with Gasteiger partial charge in [-0.2, -0.15) is 0 Å². The number of nitrogens with one attached hydrogen (secondary N) is 1. The molecule has 0 unspecified atom stereocenters. The maximum atomic E-state index is 11.5. The van der Waals surface area contributed by atoms with Gasteiger partial charge in [-0.25, -0.2) is 4.79 Å². The lowest BCUT2D eigenvalue weighted by molar-refractivity contribution is -0.137. The number of nitrogens with two attached hydrogens (primary N) is 1. The van der Waals surface area contributed by atoms with E-state index in [0.29, 0.717) is 6.54 Å². The van der Waals surface area contributed by atoms with E-state index in [1.54, 1.807) is 0 Å². The van der Waals surface area contributed by atoms with Gasteiger partial charge in [0.1, 0.15) is 13.1 Å². The first-order valence-corrected chi connectivity index (χ1v) is 4.85. The number of hydrogen-bond donors (Lipinski definition) is 3. The Balaban J connectivity index is 4.31. The number of amides is 3. The van der Waals surface area contributed by atoms with Gasteiger partial charge in [0.25, 0.3) is 0 Å². The Labute approximate surface area is 93.6 Å². The zero-order chi connectivity index (χ0) is 12.7. The number of carboxylic acids is 1. The number of rotatable bonds is 6. The fourth-order valence-corrected chi connectivity index (χ4v) is 0.954. The molecule has 0 bridgehead atoms. The molecule has 16 heavy (non-hydrogen) atoms. The molecule has 0 heterocycles. The molecule has 0 saturated carbocycles. The van der Waals surface area contributed by atoms with Crippen LogP contribution in [0.3, 0.4) is 0 Å². The number of carboxylic acid groups (broad SMARTS) is 1. The summed E-state index contributed by atoms with van der Waals surface area (Å²) in [5.41, 5.74) is 4.91. The average Bonchev–Trinajstić information content (AvgIpc) is 2.11. The van der Waals surface area contributed by atoms with Crippen LogP contribution >= 0.6 is 0 Å². The highest BCUT2D eigenvalue weighted by atomic mass is 16.4. The van der Waals surface area contributed by atoms with E-state index in [0.717, 1.165) is 4.90 Å². The summed E-state index contributed by atoms with van der Waals surface area (Å²) >= 11 is 0. The first-order valence-electron chi connectivity index (χ1n) is 4.85. The lowest BCUT2D eigenvalue weighted by Crippen LogP contribution is -2.47.